The Balaban J connectivity index is 1.55. The highest BCUT2D eigenvalue weighted by atomic mass is 16.5. The van der Waals surface area contributed by atoms with Crippen molar-refractivity contribution in [1.29, 1.82) is 0 Å². The Bertz CT molecular complexity index is 966. The van der Waals surface area contributed by atoms with Gasteiger partial charge in [0.25, 0.3) is 0 Å². The van der Waals surface area contributed by atoms with Gasteiger partial charge in [-0.15, -0.1) is 0 Å². The minimum Gasteiger partial charge on any atom is -0.462 e. The second-order valence-corrected chi connectivity index (χ2v) is 8.06. The molecule has 1 atom stereocenters. The Hall–Kier alpha value is -2.95. The van der Waals surface area contributed by atoms with Gasteiger partial charge in [-0.05, 0) is 48.2 Å². The van der Waals surface area contributed by atoms with Crippen molar-refractivity contribution in [1.82, 2.24) is 4.90 Å². The molecular formula is C27H29NO3. The lowest BCUT2D eigenvalue weighted by Crippen LogP contribution is -2.40. The monoisotopic (exact) mass is 415 g/mol. The van der Waals surface area contributed by atoms with E-state index in [1.54, 1.807) is 24.3 Å². The van der Waals surface area contributed by atoms with E-state index < -0.39 is 11.6 Å². The van der Waals surface area contributed by atoms with Gasteiger partial charge in [0.2, 0.25) is 5.60 Å². The predicted molar refractivity (Wildman–Crippen MR) is 123 cm³/mol. The molecule has 0 spiro atoms. The summed E-state index contributed by atoms with van der Waals surface area (Å²) in [6.45, 7) is 3.06. The maximum absolute atomic E-state index is 13.2. The molecule has 1 aliphatic heterocycles. The van der Waals surface area contributed by atoms with Gasteiger partial charge in [0, 0.05) is 6.54 Å². The zero-order valence-electron chi connectivity index (χ0n) is 17.7. The molecule has 1 aliphatic rings. The minimum atomic E-state index is -1.85. The van der Waals surface area contributed by atoms with Crippen molar-refractivity contribution in [2.24, 2.45) is 0 Å². The first-order valence-corrected chi connectivity index (χ1v) is 11.0. The Kier molecular flexibility index (Phi) is 6.80. The van der Waals surface area contributed by atoms with Gasteiger partial charge in [-0.25, -0.2) is 4.79 Å². The third-order valence-corrected chi connectivity index (χ3v) is 5.99. The summed E-state index contributed by atoms with van der Waals surface area (Å²) in [6.07, 6.45) is 3.65. The van der Waals surface area contributed by atoms with E-state index in [4.69, 9.17) is 4.74 Å². The number of carbonyl (C=O) groups excluding carboxylic acids is 1. The number of hydrogen-bond donors (Lipinski definition) is 1. The molecule has 31 heavy (non-hydrogen) atoms. The minimum absolute atomic E-state index is 0.274. The van der Waals surface area contributed by atoms with E-state index in [1.807, 2.05) is 60.7 Å². The first-order chi connectivity index (χ1) is 15.2. The van der Waals surface area contributed by atoms with Crippen LogP contribution in [0.4, 0.5) is 0 Å². The molecule has 3 aromatic rings. The van der Waals surface area contributed by atoms with Crippen molar-refractivity contribution >= 4 is 5.97 Å². The molecule has 0 radical (unpaired) electrons. The maximum atomic E-state index is 13.2. The zero-order chi connectivity index (χ0) is 21.5. The van der Waals surface area contributed by atoms with Crippen LogP contribution in [-0.2, 0) is 15.1 Å². The lowest BCUT2D eigenvalue weighted by atomic mass is 9.85. The number of piperidine rings is 1. The van der Waals surface area contributed by atoms with Crippen molar-refractivity contribution in [2.45, 2.75) is 24.9 Å². The second-order valence-electron chi connectivity index (χ2n) is 8.06. The molecule has 1 fully saturated rings. The van der Waals surface area contributed by atoms with Gasteiger partial charge in [0.1, 0.15) is 6.61 Å². The number of carbonyl (C=O) groups is 1. The summed E-state index contributed by atoms with van der Waals surface area (Å²) in [4.78, 5) is 15.5. The van der Waals surface area contributed by atoms with Crippen molar-refractivity contribution in [3.63, 3.8) is 0 Å². The Morgan fingerprint density at radius 1 is 0.774 bits per heavy atom. The number of benzene rings is 3. The molecule has 4 heteroatoms. The standard InChI is InChI=1S/C27H29NO3/c29-26(31-21-20-28-18-8-3-9-19-28)27(30,24-12-6-2-7-13-24)25-16-14-23(15-17-25)22-10-4-1-5-11-22/h1-2,4-7,10-17,30H,3,8-9,18-21H2/t27-/m0/s1. The van der Waals surface area contributed by atoms with Gasteiger partial charge in [0.15, 0.2) is 0 Å². The lowest BCUT2D eigenvalue weighted by molar-refractivity contribution is -0.162. The number of esters is 1. The quantitative estimate of drug-likeness (QED) is 0.572. The van der Waals surface area contributed by atoms with E-state index in [1.165, 1.54) is 19.3 Å². The van der Waals surface area contributed by atoms with Gasteiger partial charge in [-0.1, -0.05) is 91.3 Å². The van der Waals surface area contributed by atoms with E-state index in [9.17, 15) is 9.90 Å². The van der Waals surface area contributed by atoms with Crippen LogP contribution >= 0.6 is 0 Å². The first kappa shape index (κ1) is 21.3. The predicted octanol–water partition coefficient (Wildman–Crippen LogP) is 4.62. The highest BCUT2D eigenvalue weighted by Gasteiger charge is 2.41. The van der Waals surface area contributed by atoms with E-state index >= 15 is 0 Å². The van der Waals surface area contributed by atoms with Gasteiger partial charge in [-0.3, -0.25) is 4.90 Å². The van der Waals surface area contributed by atoms with Gasteiger partial charge < -0.3 is 9.84 Å². The highest BCUT2D eigenvalue weighted by Crippen LogP contribution is 2.32. The molecule has 0 aromatic heterocycles. The third kappa shape index (κ3) is 4.87. The summed E-state index contributed by atoms with van der Waals surface area (Å²) in [5, 5.41) is 11.6. The smallest absolute Gasteiger partial charge is 0.347 e. The number of hydrogen-bond acceptors (Lipinski definition) is 4. The molecule has 4 nitrogen and oxygen atoms in total. The van der Waals surface area contributed by atoms with E-state index in [-0.39, 0.29) is 6.61 Å². The fourth-order valence-electron chi connectivity index (χ4n) is 4.17. The molecule has 0 bridgehead atoms. The van der Waals surface area contributed by atoms with Crippen LogP contribution in [-0.4, -0.2) is 42.2 Å². The third-order valence-electron chi connectivity index (χ3n) is 5.99. The topological polar surface area (TPSA) is 49.8 Å². The second kappa shape index (κ2) is 9.90. The van der Waals surface area contributed by atoms with Crippen LogP contribution in [0.5, 0.6) is 0 Å². The molecule has 3 aromatic carbocycles. The number of likely N-dealkylation sites (tertiary alicyclic amines) is 1. The fourth-order valence-corrected chi connectivity index (χ4v) is 4.17. The molecule has 0 aliphatic carbocycles. The normalized spacial score (nSPS) is 16.4. The van der Waals surface area contributed by atoms with Crippen LogP contribution in [0.2, 0.25) is 0 Å². The summed E-state index contributed by atoms with van der Waals surface area (Å²) >= 11 is 0. The molecule has 160 valence electrons. The van der Waals surface area contributed by atoms with Gasteiger partial charge in [0.05, 0.1) is 0 Å². The van der Waals surface area contributed by atoms with Crippen molar-refractivity contribution in [3.05, 3.63) is 96.1 Å². The Labute approximate surface area is 184 Å². The van der Waals surface area contributed by atoms with Crippen LogP contribution in [0.15, 0.2) is 84.9 Å². The number of ether oxygens (including phenoxy) is 1. The average Bonchev–Trinajstić information content (AvgIpc) is 2.85. The lowest BCUT2D eigenvalue weighted by Gasteiger charge is -2.29. The molecule has 1 N–H and O–H groups in total. The summed E-state index contributed by atoms with van der Waals surface area (Å²) in [7, 11) is 0. The maximum Gasteiger partial charge on any atom is 0.347 e. The summed E-state index contributed by atoms with van der Waals surface area (Å²) < 4.78 is 5.60. The molecule has 0 unspecified atom stereocenters. The molecule has 0 amide bonds. The number of aliphatic hydroxyl groups is 1. The van der Waals surface area contributed by atoms with Crippen molar-refractivity contribution in [2.75, 3.05) is 26.2 Å². The summed E-state index contributed by atoms with van der Waals surface area (Å²) in [5.74, 6) is -0.636. The molecule has 0 saturated carbocycles. The Morgan fingerprint density at radius 2 is 1.32 bits per heavy atom. The SMILES string of the molecule is O=C(OCCN1CCCCC1)[C@](O)(c1ccccc1)c1ccc(-c2ccccc2)cc1. The van der Waals surface area contributed by atoms with Crippen LogP contribution < -0.4 is 0 Å². The number of nitrogens with zero attached hydrogens (tertiary/aromatic N) is 1. The van der Waals surface area contributed by atoms with Crippen LogP contribution in [0.3, 0.4) is 0 Å². The molecular weight excluding hydrogens is 386 g/mol. The van der Waals surface area contributed by atoms with Crippen molar-refractivity contribution < 1.29 is 14.6 Å². The highest BCUT2D eigenvalue weighted by molar-refractivity contribution is 5.85. The van der Waals surface area contributed by atoms with Gasteiger partial charge in [-0.2, -0.15) is 0 Å². The van der Waals surface area contributed by atoms with E-state index in [0.717, 1.165) is 24.2 Å². The average molecular weight is 416 g/mol. The molecule has 1 saturated heterocycles. The van der Waals surface area contributed by atoms with E-state index in [0.29, 0.717) is 17.7 Å². The van der Waals surface area contributed by atoms with E-state index in [2.05, 4.69) is 4.90 Å². The van der Waals surface area contributed by atoms with Crippen LogP contribution in [0.25, 0.3) is 11.1 Å². The Morgan fingerprint density at radius 3 is 1.97 bits per heavy atom. The fraction of sp³-hybridized carbons (Fsp3) is 0.296. The van der Waals surface area contributed by atoms with Crippen LogP contribution in [0, 0.1) is 0 Å². The van der Waals surface area contributed by atoms with Crippen molar-refractivity contribution in [3.8, 4) is 11.1 Å². The van der Waals surface area contributed by atoms with Gasteiger partial charge >= 0.3 is 5.97 Å². The summed E-state index contributed by atoms with van der Waals surface area (Å²) in [6, 6.07) is 26.5. The zero-order valence-corrected chi connectivity index (χ0v) is 17.7. The summed E-state index contributed by atoms with van der Waals surface area (Å²) in [5.41, 5.74) is 1.27. The largest absolute Gasteiger partial charge is 0.462 e. The first-order valence-electron chi connectivity index (χ1n) is 11.0. The molecule has 4 rings (SSSR count). The van der Waals surface area contributed by atoms with Crippen LogP contribution in [0.1, 0.15) is 30.4 Å². The number of rotatable bonds is 7. The molecule has 1 heterocycles.